The molecule has 24 atom stereocenters. The van der Waals surface area contributed by atoms with Crippen LogP contribution in [0.4, 0.5) is 0 Å². The maximum atomic E-state index is 13.7. The number of nitrogens with two attached hydrogens (primary N) is 2. The number of phenolic OH excluding ortho intramolecular Hbond substituents is 1. The largest absolute Gasteiger partial charge is 0.508 e. The topological polar surface area (TPSA) is 501 Å². The van der Waals surface area contributed by atoms with Crippen LogP contribution in [0.15, 0.2) is 120 Å². The number of benzene rings is 1. The third kappa shape index (κ3) is 18.8. The third-order valence-electron chi connectivity index (χ3n) is 19.0. The van der Waals surface area contributed by atoms with Gasteiger partial charge in [0.1, 0.15) is 41.0 Å². The van der Waals surface area contributed by atoms with Crippen LogP contribution in [0.25, 0.3) is 5.76 Å². The number of primary amides is 1. The van der Waals surface area contributed by atoms with Gasteiger partial charge < -0.3 is 112 Å². The van der Waals surface area contributed by atoms with Crippen LogP contribution in [0.2, 0.25) is 0 Å². The molecule has 1 aromatic rings. The number of ketones is 2. The highest BCUT2D eigenvalue weighted by molar-refractivity contribution is 6.24. The molecule has 28 heteroatoms. The van der Waals surface area contributed by atoms with E-state index in [1.54, 1.807) is 80.7 Å². The molecular formula is C69H97N3O25. The molecule has 3 aliphatic heterocycles. The number of aliphatic hydroxyl groups excluding tert-OH is 11. The summed E-state index contributed by atoms with van der Waals surface area (Å²) in [5.41, 5.74) is 5.47. The second kappa shape index (κ2) is 33.9. The third-order valence-corrected chi connectivity index (χ3v) is 19.0. The summed E-state index contributed by atoms with van der Waals surface area (Å²) in [5.74, 6) is -14.7. The van der Waals surface area contributed by atoms with Gasteiger partial charge in [0.05, 0.1) is 96.8 Å². The number of aliphatic hydroxyl groups is 14. The normalized spacial score (nSPS) is 41.8. The molecule has 3 aliphatic carbocycles. The van der Waals surface area contributed by atoms with Crippen LogP contribution in [0.3, 0.4) is 0 Å². The van der Waals surface area contributed by atoms with Crippen molar-refractivity contribution in [2.45, 2.75) is 207 Å². The number of nitrogens with zero attached hydrogens (tertiary/aromatic N) is 1. The van der Waals surface area contributed by atoms with E-state index in [0.717, 1.165) is 0 Å². The van der Waals surface area contributed by atoms with Crippen LogP contribution in [0, 0.1) is 29.6 Å². The standard InChI is InChI=1S/C47H73NO17.C22H24N2O8/c1-27-17-15-13-11-9-7-5-6-8-10-12-14-16-18-34(64-46-44(58)41(48)43(57)30(4)63-46)24-38-40(45(59)60)37(54)26-47(61,65-38)25-33(51)22-36(53)35(52)20-19-31(49)21-32(50)23-39(55)62-29(3)28(2)42(27)56;1-21(31)8-5-4-6-11(25)12(8)16(26)13-9(21)7-10-15(24(2)3)17(27)14(20(23)30)19(29)22(10,32)18(13)28/h5-18,27-38,40-44,46,49-54,56-58,61H,19-26,48H2,1-4H3,(H,59,60);4-6,9-10,15,25-26,29,31-32H,7H2,1-3H3,(H2,23,30)/b6-5+,9-7+,10-8+,13-11+,14-12+,17-15+,18-16+;/t27-,28-,29-,30+,31+,32+,33-,34?,35+,36+,37-,38-,40+,41?,42+,43+,44-,46-,47+;/m0./s1. The molecule has 0 aromatic heterocycles. The predicted octanol–water partition coefficient (Wildman–Crippen LogP) is 0.341. The van der Waals surface area contributed by atoms with E-state index in [-0.39, 0.29) is 49.1 Å². The van der Waals surface area contributed by atoms with Crippen LogP contribution < -0.4 is 11.5 Å². The zero-order chi connectivity index (χ0) is 72.3. The van der Waals surface area contributed by atoms with Gasteiger partial charge in [-0.05, 0) is 72.2 Å². The summed E-state index contributed by atoms with van der Waals surface area (Å²) >= 11 is 0. The average molecular weight is 1370 g/mol. The lowest BCUT2D eigenvalue weighted by molar-refractivity contribution is -0.308. The van der Waals surface area contributed by atoms with Gasteiger partial charge in [0, 0.05) is 54.9 Å². The number of cyclic esters (lactones) is 1. The van der Waals surface area contributed by atoms with Gasteiger partial charge in [-0.3, -0.25) is 28.9 Å². The summed E-state index contributed by atoms with van der Waals surface area (Å²) in [4.78, 5) is 65.1. The number of likely N-dealkylation sites (N-methyl/N-ethyl adjacent to an activating group) is 1. The van der Waals surface area contributed by atoms with Gasteiger partial charge in [0.15, 0.2) is 23.5 Å². The lowest BCUT2D eigenvalue weighted by Gasteiger charge is -2.53. The molecule has 3 fully saturated rings. The molecule has 2 bridgehead atoms. The minimum atomic E-state index is -2.75. The Morgan fingerprint density at radius 1 is 0.680 bits per heavy atom. The molecule has 7 rings (SSSR count). The van der Waals surface area contributed by atoms with Gasteiger partial charge in [0.25, 0.3) is 5.91 Å². The van der Waals surface area contributed by atoms with E-state index in [9.17, 15) is 106 Å². The van der Waals surface area contributed by atoms with E-state index in [1.165, 1.54) is 57.1 Å². The Balaban J connectivity index is 0.000000384. The molecule has 538 valence electrons. The zero-order valence-electron chi connectivity index (χ0n) is 55.2. The van der Waals surface area contributed by atoms with E-state index < -0.39 is 222 Å². The number of esters is 1. The SMILES string of the molecule is CN(C)C1C(=O)C(C(N)=O)=C(O)C2(O)C(=O)C3=C(O)c4c(O)cccc4C(C)(O)C3CC12.C[C@@H]1[C@H](O)[C@@H](C)/C=C/C=C/C=C/C=C/C=C/C=C/C=C/C(O[C@@H]2O[C@H](C)[C@@H](O)C(N)[C@@H]2O)C[C@@H]2O[C@](O)(C[C@@H](O)C[C@@H](O)[C@H](O)CC[C@@H](O)C[C@@H](O)CC(=O)O[C@H]1C)C[C@H](O)[C@H]2C(=O)O. The Bertz CT molecular complexity index is 3230. The van der Waals surface area contributed by atoms with Crippen molar-refractivity contribution in [1.29, 1.82) is 0 Å². The Morgan fingerprint density at radius 2 is 1.27 bits per heavy atom. The first kappa shape index (κ1) is 79.3. The molecule has 7 unspecified atom stereocenters. The van der Waals surface area contributed by atoms with E-state index >= 15 is 0 Å². The second-order valence-electron chi connectivity index (χ2n) is 26.5. The van der Waals surface area contributed by atoms with Crippen molar-refractivity contribution in [2.75, 3.05) is 14.1 Å². The molecule has 1 aromatic carbocycles. The summed E-state index contributed by atoms with van der Waals surface area (Å²) in [5, 5.41) is 173. The monoisotopic (exact) mass is 1370 g/mol. The lowest BCUT2D eigenvalue weighted by atomic mass is 9.54. The van der Waals surface area contributed by atoms with Crippen molar-refractivity contribution in [3.05, 3.63) is 131 Å². The van der Waals surface area contributed by atoms with Crippen LogP contribution in [0.5, 0.6) is 5.75 Å². The van der Waals surface area contributed by atoms with Crippen molar-refractivity contribution < 1.29 is 125 Å². The fourth-order valence-electron chi connectivity index (χ4n) is 13.5. The number of Topliss-reactive ketones (excluding diaryl/α,β-unsaturated/α-hetero) is 2. The molecular weight excluding hydrogens is 1270 g/mol. The summed E-state index contributed by atoms with van der Waals surface area (Å²) in [6.45, 7) is 8.14. The van der Waals surface area contributed by atoms with Crippen molar-refractivity contribution in [2.24, 2.45) is 41.1 Å². The number of hydrogen-bond donors (Lipinski definition) is 18. The minimum Gasteiger partial charge on any atom is -0.508 e. The van der Waals surface area contributed by atoms with Crippen molar-refractivity contribution >= 4 is 35.2 Å². The van der Waals surface area contributed by atoms with Crippen molar-refractivity contribution in [1.82, 2.24) is 4.90 Å². The fourth-order valence-corrected chi connectivity index (χ4v) is 13.5. The Labute approximate surface area is 562 Å². The molecule has 97 heavy (non-hydrogen) atoms. The van der Waals surface area contributed by atoms with E-state index in [1.807, 2.05) is 19.1 Å². The molecule has 0 radical (unpaired) electrons. The minimum absolute atomic E-state index is 0.107. The highest BCUT2D eigenvalue weighted by Crippen LogP contribution is 2.57. The lowest BCUT2D eigenvalue weighted by Crippen LogP contribution is -2.67. The number of carbonyl (C=O) groups is 5. The van der Waals surface area contributed by atoms with Gasteiger partial charge in [-0.15, -0.1) is 0 Å². The van der Waals surface area contributed by atoms with Crippen LogP contribution >= 0.6 is 0 Å². The summed E-state index contributed by atoms with van der Waals surface area (Å²) in [6.07, 6.45) is 3.26. The van der Waals surface area contributed by atoms with Crippen LogP contribution in [0.1, 0.15) is 104 Å². The number of carbonyl (C=O) groups excluding carboxylic acids is 4. The number of fused-ring (bicyclic) bond motifs is 5. The first-order valence-corrected chi connectivity index (χ1v) is 32.3. The van der Waals surface area contributed by atoms with Crippen LogP contribution in [-0.4, -0.2) is 239 Å². The van der Waals surface area contributed by atoms with Crippen LogP contribution in [-0.2, 0) is 48.5 Å². The molecule has 6 aliphatic rings. The number of aromatic hydroxyl groups is 1. The van der Waals surface area contributed by atoms with E-state index in [2.05, 4.69) is 0 Å². The summed E-state index contributed by atoms with van der Waals surface area (Å²) in [7, 11) is 3.01. The number of allylic oxidation sites excluding steroid dienone is 12. The molecule has 28 nitrogen and oxygen atoms in total. The predicted molar refractivity (Wildman–Crippen MR) is 347 cm³/mol. The number of hydrogen-bond acceptors (Lipinski definition) is 26. The number of ether oxygens (including phenoxy) is 4. The fraction of sp³-hybridized carbons (Fsp3) is 0.580. The maximum Gasteiger partial charge on any atom is 0.311 e. The van der Waals surface area contributed by atoms with Crippen molar-refractivity contribution in [3.8, 4) is 5.75 Å². The maximum absolute atomic E-state index is 13.7. The molecule has 20 N–H and O–H groups in total. The Hall–Kier alpha value is -6.65. The quantitative estimate of drug-likeness (QED) is 0.140. The van der Waals surface area contributed by atoms with Gasteiger partial charge in [0.2, 0.25) is 5.78 Å². The Kier molecular flexibility index (Phi) is 27.8. The number of carboxylic acids is 1. The molecule has 0 spiro atoms. The number of phenols is 1. The van der Waals surface area contributed by atoms with Gasteiger partial charge >= 0.3 is 11.9 Å². The van der Waals surface area contributed by atoms with Gasteiger partial charge in [-0.25, -0.2) is 0 Å². The second-order valence-corrected chi connectivity index (χ2v) is 26.5. The first-order chi connectivity index (χ1) is 45.4. The summed E-state index contributed by atoms with van der Waals surface area (Å²) < 4.78 is 23.1. The molecule has 3 heterocycles. The average Bonchev–Trinajstić information content (AvgIpc) is 0.690. The van der Waals surface area contributed by atoms with E-state index in [0.29, 0.717) is 0 Å². The van der Waals surface area contributed by atoms with Gasteiger partial charge in [-0.1, -0.05) is 111 Å². The highest BCUT2D eigenvalue weighted by Gasteiger charge is 2.67. The number of carboxylic acid groups (broad SMARTS) is 1. The number of rotatable bonds is 5. The van der Waals surface area contributed by atoms with Crippen molar-refractivity contribution in [3.63, 3.8) is 0 Å². The van der Waals surface area contributed by atoms with E-state index in [4.69, 9.17) is 30.4 Å². The number of amides is 1. The molecule has 1 saturated carbocycles. The molecule has 1 amide bonds. The Morgan fingerprint density at radius 3 is 1.85 bits per heavy atom. The smallest absolute Gasteiger partial charge is 0.311 e. The number of aliphatic carboxylic acids is 1. The van der Waals surface area contributed by atoms with Gasteiger partial charge in [-0.2, -0.15) is 0 Å². The highest BCUT2D eigenvalue weighted by atomic mass is 16.7. The summed E-state index contributed by atoms with van der Waals surface area (Å²) in [6, 6.07) is 1.87. The molecule has 2 saturated heterocycles. The first-order valence-electron chi connectivity index (χ1n) is 32.3. The zero-order valence-corrected chi connectivity index (χ0v) is 55.2.